The Bertz CT molecular complexity index is 372. The summed E-state index contributed by atoms with van der Waals surface area (Å²) in [6.07, 6.45) is -0.0525. The summed E-state index contributed by atoms with van der Waals surface area (Å²) in [5, 5.41) is 10.3. The molecule has 0 fully saturated rings. The van der Waals surface area contributed by atoms with Gasteiger partial charge < -0.3 is 14.6 Å². The molecule has 1 rings (SSSR count). The summed E-state index contributed by atoms with van der Waals surface area (Å²) in [7, 11) is 3.27. The van der Waals surface area contributed by atoms with Gasteiger partial charge in [0.25, 0.3) is 0 Å². The van der Waals surface area contributed by atoms with Gasteiger partial charge in [-0.2, -0.15) is 0 Å². The predicted octanol–water partition coefficient (Wildman–Crippen LogP) is 2.85. The van der Waals surface area contributed by atoms with E-state index in [0.717, 1.165) is 16.9 Å². The molecule has 17 heavy (non-hydrogen) atoms. The van der Waals surface area contributed by atoms with Crippen LogP contribution in [0.15, 0.2) is 18.2 Å². The van der Waals surface area contributed by atoms with Gasteiger partial charge in [0.1, 0.15) is 5.75 Å². The second kappa shape index (κ2) is 5.52. The van der Waals surface area contributed by atoms with Gasteiger partial charge in [-0.05, 0) is 32.9 Å². The van der Waals surface area contributed by atoms with Crippen LogP contribution in [0.1, 0.15) is 37.5 Å². The lowest BCUT2D eigenvalue weighted by molar-refractivity contribution is -0.0205. The molecular formula is C14H22O3. The quantitative estimate of drug-likeness (QED) is 0.857. The predicted molar refractivity (Wildman–Crippen MR) is 68.4 cm³/mol. The summed E-state index contributed by atoms with van der Waals surface area (Å²) < 4.78 is 10.6. The summed E-state index contributed by atoms with van der Waals surface area (Å²) in [5.74, 6) is 0.718. The number of rotatable bonds is 5. The van der Waals surface area contributed by atoms with Crippen molar-refractivity contribution in [2.75, 3.05) is 14.2 Å². The fourth-order valence-corrected chi connectivity index (χ4v) is 1.77. The van der Waals surface area contributed by atoms with Gasteiger partial charge in [-0.25, -0.2) is 0 Å². The Morgan fingerprint density at radius 1 is 1.29 bits per heavy atom. The molecule has 1 aromatic rings. The number of ether oxygens (including phenoxy) is 2. The number of aryl methyl sites for hydroxylation is 1. The average molecular weight is 238 g/mol. The van der Waals surface area contributed by atoms with Crippen molar-refractivity contribution in [3.63, 3.8) is 0 Å². The highest BCUT2D eigenvalue weighted by molar-refractivity contribution is 5.38. The zero-order valence-corrected chi connectivity index (χ0v) is 11.3. The number of hydrogen-bond donors (Lipinski definition) is 1. The molecule has 1 N–H and O–H groups in total. The van der Waals surface area contributed by atoms with Crippen LogP contribution in [0.3, 0.4) is 0 Å². The van der Waals surface area contributed by atoms with Crippen LogP contribution < -0.4 is 4.74 Å². The average Bonchev–Trinajstić information content (AvgIpc) is 2.28. The van der Waals surface area contributed by atoms with Crippen molar-refractivity contribution in [1.29, 1.82) is 0 Å². The fraction of sp³-hybridized carbons (Fsp3) is 0.571. The van der Waals surface area contributed by atoms with Crippen molar-refractivity contribution in [2.24, 2.45) is 0 Å². The maximum atomic E-state index is 10.3. The van der Waals surface area contributed by atoms with Crippen LogP contribution >= 0.6 is 0 Å². The summed E-state index contributed by atoms with van der Waals surface area (Å²) >= 11 is 0. The van der Waals surface area contributed by atoms with Crippen molar-refractivity contribution < 1.29 is 14.6 Å². The largest absolute Gasteiger partial charge is 0.496 e. The molecule has 0 aliphatic heterocycles. The molecule has 0 saturated heterocycles. The van der Waals surface area contributed by atoms with Gasteiger partial charge in [-0.3, -0.25) is 0 Å². The fourth-order valence-electron chi connectivity index (χ4n) is 1.77. The Morgan fingerprint density at radius 3 is 2.47 bits per heavy atom. The lowest BCUT2D eigenvalue weighted by atomic mass is 9.94. The highest BCUT2D eigenvalue weighted by Crippen LogP contribution is 2.32. The summed E-state index contributed by atoms with van der Waals surface area (Å²) in [4.78, 5) is 0. The first kappa shape index (κ1) is 14.0. The summed E-state index contributed by atoms with van der Waals surface area (Å²) in [6.45, 7) is 5.91. The van der Waals surface area contributed by atoms with Crippen LogP contribution in [-0.2, 0) is 4.74 Å². The minimum absolute atomic E-state index is 0.353. The zero-order valence-electron chi connectivity index (χ0n) is 11.3. The molecule has 1 atom stereocenters. The molecule has 0 radical (unpaired) electrons. The third-order valence-electron chi connectivity index (χ3n) is 2.98. The molecule has 0 spiro atoms. The highest BCUT2D eigenvalue weighted by atomic mass is 16.5. The van der Waals surface area contributed by atoms with Crippen molar-refractivity contribution in [2.45, 2.75) is 38.9 Å². The first-order valence-electron chi connectivity index (χ1n) is 5.77. The number of aliphatic hydroxyl groups excluding tert-OH is 1. The molecule has 0 aliphatic carbocycles. The first-order valence-corrected chi connectivity index (χ1v) is 5.77. The van der Waals surface area contributed by atoms with Crippen LogP contribution in [0.5, 0.6) is 5.75 Å². The molecule has 0 aliphatic rings. The van der Waals surface area contributed by atoms with Gasteiger partial charge in [-0.1, -0.05) is 11.6 Å². The zero-order chi connectivity index (χ0) is 13.1. The molecular weight excluding hydrogens is 216 g/mol. The van der Waals surface area contributed by atoms with Crippen LogP contribution in [-0.4, -0.2) is 24.9 Å². The van der Waals surface area contributed by atoms with E-state index in [4.69, 9.17) is 9.47 Å². The van der Waals surface area contributed by atoms with E-state index < -0.39 is 6.10 Å². The standard InChI is InChI=1S/C14H22O3/c1-10-6-7-13(16-4)11(8-10)12(15)9-14(2,3)17-5/h6-8,12,15H,9H2,1-5H3. The Hall–Kier alpha value is -1.06. The lowest BCUT2D eigenvalue weighted by Gasteiger charge is -2.26. The van der Waals surface area contributed by atoms with E-state index in [9.17, 15) is 5.11 Å². The maximum absolute atomic E-state index is 10.3. The smallest absolute Gasteiger partial charge is 0.124 e. The number of hydrogen-bond acceptors (Lipinski definition) is 3. The Balaban J connectivity index is 2.95. The number of benzene rings is 1. The highest BCUT2D eigenvalue weighted by Gasteiger charge is 2.24. The Kier molecular flexibility index (Phi) is 4.54. The van der Waals surface area contributed by atoms with Gasteiger partial charge in [-0.15, -0.1) is 0 Å². The molecule has 0 amide bonds. The monoisotopic (exact) mass is 238 g/mol. The third-order valence-corrected chi connectivity index (χ3v) is 2.98. The minimum Gasteiger partial charge on any atom is -0.496 e. The van der Waals surface area contributed by atoms with Gasteiger partial charge in [0.05, 0.1) is 18.8 Å². The van der Waals surface area contributed by atoms with Gasteiger partial charge in [0.2, 0.25) is 0 Å². The first-order chi connectivity index (χ1) is 7.89. The van der Waals surface area contributed by atoms with E-state index in [1.807, 2.05) is 39.0 Å². The molecule has 1 aromatic carbocycles. The molecule has 96 valence electrons. The van der Waals surface area contributed by atoms with Gasteiger partial charge in [0, 0.05) is 19.1 Å². The molecule has 1 unspecified atom stereocenters. The second-order valence-electron chi connectivity index (χ2n) is 4.93. The molecule has 3 heteroatoms. The summed E-state index contributed by atoms with van der Waals surface area (Å²) in [6, 6.07) is 5.81. The normalized spacial score (nSPS) is 13.5. The Labute approximate surface area is 103 Å². The third kappa shape index (κ3) is 3.72. The lowest BCUT2D eigenvalue weighted by Crippen LogP contribution is -2.25. The van der Waals surface area contributed by atoms with E-state index in [-0.39, 0.29) is 5.60 Å². The Morgan fingerprint density at radius 2 is 1.94 bits per heavy atom. The van der Waals surface area contributed by atoms with E-state index >= 15 is 0 Å². The topological polar surface area (TPSA) is 38.7 Å². The molecule has 0 bridgehead atoms. The number of methoxy groups -OCH3 is 2. The van der Waals surface area contributed by atoms with E-state index in [1.165, 1.54) is 0 Å². The SMILES string of the molecule is COc1ccc(C)cc1C(O)CC(C)(C)OC. The van der Waals surface area contributed by atoms with Crippen LogP contribution in [0.2, 0.25) is 0 Å². The molecule has 0 aromatic heterocycles. The van der Waals surface area contributed by atoms with Crippen LogP contribution in [0.25, 0.3) is 0 Å². The van der Waals surface area contributed by atoms with E-state index in [1.54, 1.807) is 14.2 Å². The molecule has 0 saturated carbocycles. The summed E-state index contributed by atoms with van der Waals surface area (Å²) in [5.41, 5.74) is 1.57. The maximum Gasteiger partial charge on any atom is 0.124 e. The van der Waals surface area contributed by atoms with Crippen molar-refractivity contribution in [3.05, 3.63) is 29.3 Å². The van der Waals surface area contributed by atoms with Crippen LogP contribution in [0, 0.1) is 6.92 Å². The molecule has 0 heterocycles. The van der Waals surface area contributed by atoms with Crippen molar-refractivity contribution in [3.8, 4) is 5.75 Å². The second-order valence-corrected chi connectivity index (χ2v) is 4.93. The minimum atomic E-state index is -0.584. The van der Waals surface area contributed by atoms with E-state index in [2.05, 4.69) is 0 Å². The van der Waals surface area contributed by atoms with Crippen molar-refractivity contribution >= 4 is 0 Å². The van der Waals surface area contributed by atoms with Gasteiger partial charge >= 0.3 is 0 Å². The molecule has 3 nitrogen and oxygen atoms in total. The van der Waals surface area contributed by atoms with Gasteiger partial charge in [0.15, 0.2) is 0 Å². The number of aliphatic hydroxyl groups is 1. The van der Waals surface area contributed by atoms with Crippen LogP contribution in [0.4, 0.5) is 0 Å². The van der Waals surface area contributed by atoms with E-state index in [0.29, 0.717) is 6.42 Å². The van der Waals surface area contributed by atoms with Crippen molar-refractivity contribution in [1.82, 2.24) is 0 Å².